The number of nitrogens with zero attached hydrogens (tertiary/aromatic N) is 2. The number of carbonyl (C=O) groups excluding carboxylic acids is 1. The van der Waals surface area contributed by atoms with Gasteiger partial charge in [0.25, 0.3) is 0 Å². The van der Waals surface area contributed by atoms with Crippen molar-refractivity contribution in [2.45, 2.75) is 31.9 Å². The van der Waals surface area contributed by atoms with Crippen molar-refractivity contribution >= 4 is 17.2 Å². The lowest BCUT2D eigenvalue weighted by Crippen LogP contribution is -2.47. The fraction of sp³-hybridized carbons (Fsp3) is 0.370. The highest BCUT2D eigenvalue weighted by Crippen LogP contribution is 2.34. The Hall–Kier alpha value is -2.74. The normalized spacial score (nSPS) is 16.4. The summed E-state index contributed by atoms with van der Waals surface area (Å²) in [4.78, 5) is 18.7. The van der Waals surface area contributed by atoms with Gasteiger partial charge in [0.1, 0.15) is 18.2 Å². The molecule has 1 N–H and O–H groups in total. The van der Waals surface area contributed by atoms with Gasteiger partial charge in [-0.1, -0.05) is 37.3 Å². The molecule has 2 aromatic carbocycles. The second-order valence-corrected chi connectivity index (χ2v) is 9.58. The molecule has 0 bridgehead atoms. The molecule has 2 unspecified atom stereocenters. The number of hydrogen-bond donors (Lipinski definition) is 1. The van der Waals surface area contributed by atoms with Gasteiger partial charge in [-0.3, -0.25) is 9.69 Å². The summed E-state index contributed by atoms with van der Waals surface area (Å²) < 4.78 is 19.2. The highest BCUT2D eigenvalue weighted by molar-refractivity contribution is 7.10. The van der Waals surface area contributed by atoms with Crippen molar-refractivity contribution in [3.05, 3.63) is 87.9 Å². The third-order valence-corrected chi connectivity index (χ3v) is 7.15. The molecule has 1 aliphatic rings. The highest BCUT2D eigenvalue weighted by Gasteiger charge is 2.33. The lowest BCUT2D eigenvalue weighted by Gasteiger charge is -2.37. The fourth-order valence-electron chi connectivity index (χ4n) is 4.44. The molecule has 1 aromatic heterocycles. The molecule has 0 spiro atoms. The van der Waals surface area contributed by atoms with E-state index in [9.17, 15) is 14.3 Å². The molecule has 1 amide bonds. The summed E-state index contributed by atoms with van der Waals surface area (Å²) in [5, 5.41) is 12.8. The average Bonchev–Trinajstić information content (AvgIpc) is 3.33. The van der Waals surface area contributed by atoms with Crippen LogP contribution in [0.2, 0.25) is 0 Å². The van der Waals surface area contributed by atoms with Gasteiger partial charge in [-0.25, -0.2) is 4.39 Å². The van der Waals surface area contributed by atoms with Gasteiger partial charge in [0.05, 0.1) is 18.7 Å². The number of benzene rings is 2. The molecule has 34 heavy (non-hydrogen) atoms. The van der Waals surface area contributed by atoms with Crippen LogP contribution in [0.4, 0.5) is 4.39 Å². The maximum absolute atomic E-state index is 13.5. The van der Waals surface area contributed by atoms with Crippen molar-refractivity contribution in [2.24, 2.45) is 0 Å². The zero-order chi connectivity index (χ0) is 23.9. The Balaban J connectivity index is 1.45. The van der Waals surface area contributed by atoms with Gasteiger partial charge in [0, 0.05) is 18.0 Å². The molecule has 2 heterocycles. The summed E-state index contributed by atoms with van der Waals surface area (Å²) in [7, 11) is 0. The second kappa shape index (κ2) is 11.6. The largest absolute Gasteiger partial charge is 0.491 e. The molecule has 4 rings (SSSR count). The molecule has 0 aliphatic carbocycles. The van der Waals surface area contributed by atoms with Crippen LogP contribution in [-0.4, -0.2) is 53.6 Å². The van der Waals surface area contributed by atoms with Crippen molar-refractivity contribution in [1.82, 2.24) is 9.80 Å². The van der Waals surface area contributed by atoms with Crippen molar-refractivity contribution in [3.63, 3.8) is 0 Å². The van der Waals surface area contributed by atoms with Gasteiger partial charge in [-0.15, -0.1) is 11.3 Å². The van der Waals surface area contributed by atoms with Crippen molar-refractivity contribution in [1.29, 1.82) is 0 Å². The van der Waals surface area contributed by atoms with Crippen LogP contribution < -0.4 is 4.74 Å². The van der Waals surface area contributed by atoms with Crippen molar-refractivity contribution in [2.75, 3.05) is 32.8 Å². The molecular formula is C27H31FN2O3S. The van der Waals surface area contributed by atoms with Gasteiger partial charge in [-0.2, -0.15) is 0 Å². The Morgan fingerprint density at radius 3 is 2.71 bits per heavy atom. The third-order valence-electron chi connectivity index (χ3n) is 6.15. The van der Waals surface area contributed by atoms with E-state index in [0.29, 0.717) is 25.4 Å². The lowest BCUT2D eigenvalue weighted by molar-refractivity contribution is -0.136. The molecule has 0 radical (unpaired) electrons. The predicted octanol–water partition coefficient (Wildman–Crippen LogP) is 4.84. The zero-order valence-corrected chi connectivity index (χ0v) is 20.2. The van der Waals surface area contributed by atoms with E-state index < -0.39 is 6.10 Å². The van der Waals surface area contributed by atoms with E-state index in [4.69, 9.17) is 4.74 Å². The van der Waals surface area contributed by atoms with Crippen LogP contribution in [0.3, 0.4) is 0 Å². The first-order chi connectivity index (χ1) is 16.5. The summed E-state index contributed by atoms with van der Waals surface area (Å²) in [6, 6.07) is 17.4. The number of carbonyl (C=O) groups is 1. The molecule has 180 valence electrons. The number of halogens is 1. The smallest absolute Gasteiger partial charge is 0.237 e. The zero-order valence-electron chi connectivity index (χ0n) is 19.4. The number of ether oxygens (including phenoxy) is 1. The Labute approximate surface area is 204 Å². The van der Waals surface area contributed by atoms with Crippen LogP contribution in [0, 0.1) is 5.82 Å². The Bertz CT molecular complexity index is 1060. The first-order valence-electron chi connectivity index (χ1n) is 11.7. The Morgan fingerprint density at radius 1 is 1.21 bits per heavy atom. The third kappa shape index (κ3) is 6.03. The number of amides is 1. The number of aliphatic hydroxyl groups excluding tert-OH is 1. The van der Waals surface area contributed by atoms with Crippen molar-refractivity contribution in [3.8, 4) is 5.75 Å². The minimum atomic E-state index is -0.650. The fourth-order valence-corrected chi connectivity index (χ4v) is 5.37. The molecule has 3 aromatic rings. The number of aliphatic hydroxyl groups is 1. The van der Waals surface area contributed by atoms with E-state index in [0.717, 1.165) is 30.5 Å². The quantitative estimate of drug-likeness (QED) is 0.449. The number of thiophene rings is 1. The predicted molar refractivity (Wildman–Crippen MR) is 133 cm³/mol. The van der Waals surface area contributed by atoms with Crippen LogP contribution in [0.1, 0.15) is 41.5 Å². The van der Waals surface area contributed by atoms with Gasteiger partial charge in [-0.05, 0) is 66.2 Å². The number of rotatable bonds is 10. The van der Waals surface area contributed by atoms with E-state index in [1.54, 1.807) is 23.5 Å². The van der Waals surface area contributed by atoms with E-state index in [2.05, 4.69) is 18.4 Å². The maximum Gasteiger partial charge on any atom is 0.237 e. The van der Waals surface area contributed by atoms with Gasteiger partial charge < -0.3 is 14.7 Å². The van der Waals surface area contributed by atoms with Gasteiger partial charge in [0.15, 0.2) is 0 Å². The standard InChI is InChI=1S/C27H31FN2O3S/c1-2-14-29(17-25(31)20-6-4-3-5-7-20)18-27(32)30-15-12-26-23(13-16-34-26)24(30)19-33-22-10-8-21(28)9-11-22/h3-11,13,16,24-25,31H,2,12,14-15,17-19H2,1H3. The summed E-state index contributed by atoms with van der Waals surface area (Å²) in [5.74, 6) is 0.295. The van der Waals surface area contributed by atoms with E-state index in [1.807, 2.05) is 40.1 Å². The molecule has 5 nitrogen and oxygen atoms in total. The molecular weight excluding hydrogens is 451 g/mol. The Kier molecular flexibility index (Phi) is 8.32. The SMILES string of the molecule is CCCN(CC(=O)N1CCc2sccc2C1COc1ccc(F)cc1)CC(O)c1ccccc1. The molecule has 7 heteroatoms. The van der Waals surface area contributed by atoms with Gasteiger partial charge >= 0.3 is 0 Å². The number of fused-ring (bicyclic) bond motifs is 1. The van der Waals surface area contributed by atoms with Crippen LogP contribution in [0.5, 0.6) is 5.75 Å². The molecule has 2 atom stereocenters. The number of hydrogen-bond acceptors (Lipinski definition) is 5. The van der Waals surface area contributed by atoms with Crippen LogP contribution in [0.15, 0.2) is 66.0 Å². The summed E-state index contributed by atoms with van der Waals surface area (Å²) in [6.45, 7) is 4.38. The first-order valence-corrected chi connectivity index (χ1v) is 12.6. The first kappa shape index (κ1) is 24.4. The Morgan fingerprint density at radius 2 is 1.97 bits per heavy atom. The van der Waals surface area contributed by atoms with Crippen LogP contribution in [-0.2, 0) is 11.2 Å². The molecule has 0 fully saturated rings. The second-order valence-electron chi connectivity index (χ2n) is 8.58. The minimum absolute atomic E-state index is 0.0262. The monoisotopic (exact) mass is 482 g/mol. The molecule has 0 saturated carbocycles. The molecule has 1 aliphatic heterocycles. The average molecular weight is 483 g/mol. The highest BCUT2D eigenvalue weighted by atomic mass is 32.1. The summed E-state index contributed by atoms with van der Waals surface area (Å²) in [5.41, 5.74) is 1.97. The summed E-state index contributed by atoms with van der Waals surface area (Å²) in [6.07, 6.45) is 1.07. The lowest BCUT2D eigenvalue weighted by atomic mass is 10.00. The van der Waals surface area contributed by atoms with Crippen molar-refractivity contribution < 1.29 is 19.0 Å². The van der Waals surface area contributed by atoms with Crippen LogP contribution in [0.25, 0.3) is 0 Å². The van der Waals surface area contributed by atoms with E-state index >= 15 is 0 Å². The molecule has 0 saturated heterocycles. The van der Waals surface area contributed by atoms with Crippen LogP contribution >= 0.6 is 11.3 Å². The summed E-state index contributed by atoms with van der Waals surface area (Å²) >= 11 is 1.71. The minimum Gasteiger partial charge on any atom is -0.491 e. The van der Waals surface area contributed by atoms with Gasteiger partial charge in [0.2, 0.25) is 5.91 Å². The van der Waals surface area contributed by atoms with E-state index in [-0.39, 0.29) is 24.3 Å². The topological polar surface area (TPSA) is 53.0 Å². The van der Waals surface area contributed by atoms with E-state index in [1.165, 1.54) is 17.0 Å². The maximum atomic E-state index is 13.5.